The standard InChI is InChI=1S/C16H22N4O3/c1-9(19-8-14(7-17-19)20(22)23)16(21)18-15-12-3-10-2-11(5-12)6-13(15)4-10/h7-13,15H,2-6H2,1H3,(H,18,21). The predicted octanol–water partition coefficient (Wildman–Crippen LogP) is 2.29. The number of rotatable bonds is 4. The number of hydrogen-bond donors (Lipinski definition) is 1. The minimum Gasteiger partial charge on any atom is -0.351 e. The molecule has 4 saturated carbocycles. The molecule has 4 aliphatic carbocycles. The first kappa shape index (κ1) is 14.7. The smallest absolute Gasteiger partial charge is 0.307 e. The Labute approximate surface area is 134 Å². The lowest BCUT2D eigenvalue weighted by Crippen LogP contribution is -2.56. The summed E-state index contributed by atoms with van der Waals surface area (Å²) in [6, 6.07) is -0.246. The number of hydrogen-bond acceptors (Lipinski definition) is 4. The largest absolute Gasteiger partial charge is 0.351 e. The van der Waals surface area contributed by atoms with Gasteiger partial charge in [-0.05, 0) is 62.7 Å². The molecule has 7 heteroatoms. The summed E-state index contributed by atoms with van der Waals surface area (Å²) in [6.45, 7) is 1.74. The molecule has 5 rings (SSSR count). The molecule has 1 atom stereocenters. The van der Waals surface area contributed by atoms with E-state index in [9.17, 15) is 14.9 Å². The van der Waals surface area contributed by atoms with Crippen molar-refractivity contribution < 1.29 is 9.72 Å². The van der Waals surface area contributed by atoms with Gasteiger partial charge in [-0.25, -0.2) is 0 Å². The van der Waals surface area contributed by atoms with E-state index in [0.717, 1.165) is 11.8 Å². The van der Waals surface area contributed by atoms with Crippen molar-refractivity contribution in [1.82, 2.24) is 15.1 Å². The number of amides is 1. The monoisotopic (exact) mass is 318 g/mol. The molecule has 1 heterocycles. The summed E-state index contributed by atoms with van der Waals surface area (Å²) >= 11 is 0. The van der Waals surface area contributed by atoms with Crippen molar-refractivity contribution in [3.05, 3.63) is 22.5 Å². The number of nitrogens with one attached hydrogen (secondary N) is 1. The maximum atomic E-state index is 12.6. The highest BCUT2D eigenvalue weighted by molar-refractivity contribution is 5.80. The van der Waals surface area contributed by atoms with Gasteiger partial charge in [0.15, 0.2) is 0 Å². The molecule has 4 aliphatic rings. The van der Waals surface area contributed by atoms with E-state index in [1.54, 1.807) is 6.92 Å². The van der Waals surface area contributed by atoms with Gasteiger partial charge < -0.3 is 5.32 Å². The maximum Gasteiger partial charge on any atom is 0.307 e. The van der Waals surface area contributed by atoms with Gasteiger partial charge in [-0.2, -0.15) is 5.10 Å². The molecule has 0 aliphatic heterocycles. The maximum absolute atomic E-state index is 12.6. The summed E-state index contributed by atoms with van der Waals surface area (Å²) in [6.07, 6.45) is 8.90. The molecule has 0 spiro atoms. The highest BCUT2D eigenvalue weighted by atomic mass is 16.6. The van der Waals surface area contributed by atoms with E-state index in [4.69, 9.17) is 0 Å². The average Bonchev–Trinajstić information content (AvgIpc) is 2.99. The Kier molecular flexibility index (Phi) is 3.39. The van der Waals surface area contributed by atoms with Crippen LogP contribution in [0.4, 0.5) is 5.69 Å². The zero-order valence-electron chi connectivity index (χ0n) is 13.2. The number of carbonyl (C=O) groups excluding carboxylic acids is 1. The molecule has 7 nitrogen and oxygen atoms in total. The van der Waals surface area contributed by atoms with Crippen molar-refractivity contribution in [2.24, 2.45) is 23.7 Å². The number of nitro groups is 1. The third-order valence-corrected chi connectivity index (χ3v) is 6.11. The number of carbonyl (C=O) groups is 1. The highest BCUT2D eigenvalue weighted by Crippen LogP contribution is 2.53. The lowest BCUT2D eigenvalue weighted by atomic mass is 9.54. The SMILES string of the molecule is CC(C(=O)NC1C2CC3CC(C2)CC1C3)n1cc([N+](=O)[O-])cn1. The Hall–Kier alpha value is -1.92. The Bertz CT molecular complexity index is 613. The molecule has 1 N–H and O–H groups in total. The minimum atomic E-state index is -0.527. The van der Waals surface area contributed by atoms with E-state index in [-0.39, 0.29) is 17.6 Å². The third kappa shape index (κ3) is 2.52. The van der Waals surface area contributed by atoms with Crippen molar-refractivity contribution in [2.75, 3.05) is 0 Å². The van der Waals surface area contributed by atoms with Crippen LogP contribution < -0.4 is 5.32 Å². The Morgan fingerprint density at radius 3 is 2.43 bits per heavy atom. The van der Waals surface area contributed by atoms with Crippen LogP contribution in [0.2, 0.25) is 0 Å². The van der Waals surface area contributed by atoms with E-state index in [0.29, 0.717) is 11.8 Å². The molecule has 1 amide bonds. The van der Waals surface area contributed by atoms with E-state index in [2.05, 4.69) is 10.4 Å². The van der Waals surface area contributed by atoms with Crippen LogP contribution in [0.3, 0.4) is 0 Å². The van der Waals surface area contributed by atoms with E-state index < -0.39 is 11.0 Å². The van der Waals surface area contributed by atoms with Gasteiger partial charge in [0.2, 0.25) is 5.91 Å². The fraction of sp³-hybridized carbons (Fsp3) is 0.750. The second-order valence-corrected chi connectivity index (χ2v) is 7.58. The van der Waals surface area contributed by atoms with Crippen LogP contribution in [0.15, 0.2) is 12.4 Å². The van der Waals surface area contributed by atoms with Crippen molar-refractivity contribution >= 4 is 11.6 Å². The van der Waals surface area contributed by atoms with Gasteiger partial charge in [0.05, 0.1) is 4.92 Å². The van der Waals surface area contributed by atoms with Crippen molar-refractivity contribution in [1.29, 1.82) is 0 Å². The molecule has 4 fully saturated rings. The molecule has 1 aromatic heterocycles. The lowest BCUT2D eigenvalue weighted by molar-refractivity contribution is -0.385. The summed E-state index contributed by atoms with van der Waals surface area (Å²) in [5.74, 6) is 2.90. The fourth-order valence-corrected chi connectivity index (χ4v) is 5.20. The summed E-state index contributed by atoms with van der Waals surface area (Å²) in [5.41, 5.74) is -0.0840. The predicted molar refractivity (Wildman–Crippen MR) is 82.6 cm³/mol. The van der Waals surface area contributed by atoms with E-state index in [1.807, 2.05) is 0 Å². The molecular weight excluding hydrogens is 296 g/mol. The van der Waals surface area contributed by atoms with Crippen LogP contribution in [-0.2, 0) is 4.79 Å². The van der Waals surface area contributed by atoms with Gasteiger partial charge >= 0.3 is 5.69 Å². The van der Waals surface area contributed by atoms with Crippen molar-refractivity contribution in [2.45, 2.75) is 51.1 Å². The van der Waals surface area contributed by atoms with Gasteiger partial charge in [-0.3, -0.25) is 19.6 Å². The van der Waals surface area contributed by atoms with Crippen molar-refractivity contribution in [3.8, 4) is 0 Å². The van der Waals surface area contributed by atoms with Crippen LogP contribution in [0.25, 0.3) is 0 Å². The average molecular weight is 318 g/mol. The van der Waals surface area contributed by atoms with E-state index >= 15 is 0 Å². The second kappa shape index (κ2) is 5.32. The lowest BCUT2D eigenvalue weighted by Gasteiger charge is -2.54. The molecule has 1 unspecified atom stereocenters. The van der Waals surface area contributed by atoms with Crippen LogP contribution in [0, 0.1) is 33.8 Å². The van der Waals surface area contributed by atoms with Gasteiger partial charge in [-0.1, -0.05) is 0 Å². The van der Waals surface area contributed by atoms with Gasteiger partial charge in [0, 0.05) is 6.04 Å². The van der Waals surface area contributed by atoms with Gasteiger partial charge in [-0.15, -0.1) is 0 Å². The summed E-state index contributed by atoms with van der Waals surface area (Å²) in [7, 11) is 0. The van der Waals surface area contributed by atoms with Crippen LogP contribution in [0.1, 0.15) is 45.1 Å². The van der Waals surface area contributed by atoms with E-state index in [1.165, 1.54) is 49.2 Å². The Morgan fingerprint density at radius 2 is 1.91 bits per heavy atom. The third-order valence-electron chi connectivity index (χ3n) is 6.11. The van der Waals surface area contributed by atoms with Crippen LogP contribution in [0.5, 0.6) is 0 Å². The molecule has 0 saturated heterocycles. The zero-order chi connectivity index (χ0) is 16.1. The normalized spacial score (nSPS) is 36.0. The Morgan fingerprint density at radius 1 is 1.30 bits per heavy atom. The molecule has 124 valence electrons. The molecule has 4 bridgehead atoms. The fourth-order valence-electron chi connectivity index (χ4n) is 5.20. The topological polar surface area (TPSA) is 90.1 Å². The molecule has 0 radical (unpaired) electrons. The summed E-state index contributed by atoms with van der Waals surface area (Å²) in [5, 5.41) is 17.9. The molecule has 1 aromatic rings. The van der Waals surface area contributed by atoms with Crippen LogP contribution in [-0.4, -0.2) is 26.7 Å². The second-order valence-electron chi connectivity index (χ2n) is 7.58. The minimum absolute atomic E-state index is 0.0829. The number of aromatic nitrogens is 2. The first-order valence-corrected chi connectivity index (χ1v) is 8.50. The Balaban J connectivity index is 1.44. The van der Waals surface area contributed by atoms with Crippen LogP contribution >= 0.6 is 0 Å². The first-order chi connectivity index (χ1) is 11.0. The van der Waals surface area contributed by atoms with Gasteiger partial charge in [0.1, 0.15) is 18.4 Å². The quantitative estimate of drug-likeness (QED) is 0.681. The highest BCUT2D eigenvalue weighted by Gasteiger charge is 2.48. The zero-order valence-corrected chi connectivity index (χ0v) is 13.2. The van der Waals surface area contributed by atoms with Crippen molar-refractivity contribution in [3.63, 3.8) is 0 Å². The first-order valence-electron chi connectivity index (χ1n) is 8.50. The van der Waals surface area contributed by atoms with Gasteiger partial charge in [0.25, 0.3) is 0 Å². The molecular formula is C16H22N4O3. The number of nitrogens with zero attached hydrogens (tertiary/aromatic N) is 3. The molecule has 0 aromatic carbocycles. The summed E-state index contributed by atoms with van der Waals surface area (Å²) < 4.78 is 1.38. The summed E-state index contributed by atoms with van der Waals surface area (Å²) in [4.78, 5) is 22.8. The molecule has 23 heavy (non-hydrogen) atoms.